The third kappa shape index (κ3) is 3.57. The average Bonchev–Trinajstić information content (AvgIpc) is 2.80. The molecule has 2 rings (SSSR count). The Kier molecular flexibility index (Phi) is 4.36. The minimum atomic E-state index is -0.254. The van der Waals surface area contributed by atoms with Crippen LogP contribution in [0.3, 0.4) is 0 Å². The summed E-state index contributed by atoms with van der Waals surface area (Å²) in [4.78, 5) is 15.5. The molecule has 1 N–H and O–H groups in total. The summed E-state index contributed by atoms with van der Waals surface area (Å²) in [6, 6.07) is 5.09. The largest absolute Gasteiger partial charge is 0.298 e. The average molecular weight is 299 g/mol. The molecule has 0 spiro atoms. The summed E-state index contributed by atoms with van der Waals surface area (Å²) in [6.45, 7) is 0. The standard InChI is InChI=1S/C12H8Cl2N2OS/c13-9-3-1-8(10(14)7-9)2-4-11(17)16-12-15-5-6-18-12/h1-7H,(H,15,16,17). The number of benzene rings is 1. The van der Waals surface area contributed by atoms with E-state index in [0.717, 1.165) is 5.56 Å². The highest BCUT2D eigenvalue weighted by Gasteiger charge is 2.01. The molecule has 0 fully saturated rings. The molecule has 0 unspecified atom stereocenters. The molecular formula is C12H8Cl2N2OS. The molecule has 0 aliphatic carbocycles. The topological polar surface area (TPSA) is 42.0 Å². The first-order valence-corrected chi connectivity index (χ1v) is 6.62. The molecule has 1 amide bonds. The number of hydrogen-bond donors (Lipinski definition) is 1. The Morgan fingerprint density at radius 2 is 2.22 bits per heavy atom. The third-order valence-corrected chi connectivity index (χ3v) is 3.29. The zero-order valence-corrected chi connectivity index (χ0v) is 11.4. The molecule has 92 valence electrons. The van der Waals surface area contributed by atoms with E-state index in [4.69, 9.17) is 23.2 Å². The molecule has 0 saturated heterocycles. The molecule has 1 aromatic carbocycles. The minimum absolute atomic E-state index is 0.254. The Balaban J connectivity index is 2.04. The molecule has 0 atom stereocenters. The van der Waals surface area contributed by atoms with Crippen molar-refractivity contribution in [2.75, 3.05) is 5.32 Å². The molecule has 0 aliphatic rings. The van der Waals surface area contributed by atoms with Gasteiger partial charge in [0.1, 0.15) is 0 Å². The number of nitrogens with one attached hydrogen (secondary N) is 1. The first-order valence-electron chi connectivity index (χ1n) is 4.99. The van der Waals surface area contributed by atoms with Crippen molar-refractivity contribution in [3.63, 3.8) is 0 Å². The second kappa shape index (κ2) is 6.00. The van der Waals surface area contributed by atoms with Crippen molar-refractivity contribution >= 4 is 51.7 Å². The van der Waals surface area contributed by atoms with Crippen LogP contribution >= 0.6 is 34.5 Å². The molecule has 0 aliphatic heterocycles. The first kappa shape index (κ1) is 13.1. The molecule has 0 bridgehead atoms. The van der Waals surface area contributed by atoms with Crippen molar-refractivity contribution in [1.82, 2.24) is 4.98 Å². The normalized spacial score (nSPS) is 10.8. The second-order valence-electron chi connectivity index (χ2n) is 3.33. The maximum absolute atomic E-state index is 11.6. The van der Waals surface area contributed by atoms with Gasteiger partial charge in [0.05, 0.1) is 0 Å². The molecule has 2 aromatic rings. The summed E-state index contributed by atoms with van der Waals surface area (Å²) >= 11 is 13.1. The summed E-state index contributed by atoms with van der Waals surface area (Å²) in [7, 11) is 0. The van der Waals surface area contributed by atoms with Gasteiger partial charge in [-0.25, -0.2) is 4.98 Å². The number of anilines is 1. The van der Waals surface area contributed by atoms with Crippen molar-refractivity contribution in [3.8, 4) is 0 Å². The summed E-state index contributed by atoms with van der Waals surface area (Å²) < 4.78 is 0. The highest BCUT2D eigenvalue weighted by atomic mass is 35.5. The maximum Gasteiger partial charge on any atom is 0.250 e. The summed E-state index contributed by atoms with van der Waals surface area (Å²) in [5, 5.41) is 6.04. The number of nitrogens with zero attached hydrogens (tertiary/aromatic N) is 1. The van der Waals surface area contributed by atoms with Crippen LogP contribution in [0.25, 0.3) is 6.08 Å². The molecule has 0 saturated carbocycles. The maximum atomic E-state index is 11.6. The molecular weight excluding hydrogens is 291 g/mol. The fourth-order valence-corrected chi connectivity index (χ4v) is 2.24. The summed E-state index contributed by atoms with van der Waals surface area (Å²) in [6.07, 6.45) is 4.65. The second-order valence-corrected chi connectivity index (χ2v) is 5.06. The Bertz CT molecular complexity index is 582. The molecule has 18 heavy (non-hydrogen) atoms. The fourth-order valence-electron chi connectivity index (χ4n) is 1.23. The minimum Gasteiger partial charge on any atom is -0.298 e. The van der Waals surface area contributed by atoms with Crippen molar-refractivity contribution in [1.29, 1.82) is 0 Å². The van der Waals surface area contributed by atoms with Crippen molar-refractivity contribution in [2.45, 2.75) is 0 Å². The van der Waals surface area contributed by atoms with Crippen LogP contribution in [-0.4, -0.2) is 10.9 Å². The summed E-state index contributed by atoms with van der Waals surface area (Å²) in [5.74, 6) is -0.254. The number of hydrogen-bond acceptors (Lipinski definition) is 3. The predicted molar refractivity (Wildman–Crippen MR) is 76.2 cm³/mol. The van der Waals surface area contributed by atoms with Gasteiger partial charge in [0.2, 0.25) is 5.91 Å². The van der Waals surface area contributed by atoms with E-state index in [1.54, 1.807) is 35.9 Å². The lowest BCUT2D eigenvalue weighted by atomic mass is 10.2. The van der Waals surface area contributed by atoms with E-state index in [2.05, 4.69) is 10.3 Å². The van der Waals surface area contributed by atoms with Crippen LogP contribution in [0.5, 0.6) is 0 Å². The van der Waals surface area contributed by atoms with Gasteiger partial charge in [0, 0.05) is 27.7 Å². The first-order chi connectivity index (χ1) is 8.65. The van der Waals surface area contributed by atoms with Crippen LogP contribution in [0.2, 0.25) is 10.0 Å². The summed E-state index contributed by atoms with van der Waals surface area (Å²) in [5.41, 5.74) is 0.732. The van der Waals surface area contributed by atoms with E-state index in [0.29, 0.717) is 15.2 Å². The predicted octanol–water partition coefficient (Wildman–Crippen LogP) is 4.10. The molecule has 1 aromatic heterocycles. The van der Waals surface area contributed by atoms with Crippen LogP contribution in [0.1, 0.15) is 5.56 Å². The van der Waals surface area contributed by atoms with Crippen molar-refractivity contribution in [3.05, 3.63) is 51.5 Å². The van der Waals surface area contributed by atoms with Crippen LogP contribution in [0, 0.1) is 0 Å². The lowest BCUT2D eigenvalue weighted by molar-refractivity contribution is -0.111. The van der Waals surface area contributed by atoms with Gasteiger partial charge in [-0.2, -0.15) is 0 Å². The van der Waals surface area contributed by atoms with Gasteiger partial charge in [-0.15, -0.1) is 11.3 Å². The third-order valence-electron chi connectivity index (χ3n) is 2.04. The SMILES string of the molecule is O=C(C=Cc1ccc(Cl)cc1Cl)Nc1nccs1. The monoisotopic (exact) mass is 298 g/mol. The van der Waals surface area contributed by atoms with E-state index in [1.807, 2.05) is 0 Å². The number of aromatic nitrogens is 1. The van der Waals surface area contributed by atoms with Crippen LogP contribution < -0.4 is 5.32 Å². The quantitative estimate of drug-likeness (QED) is 0.867. The number of amides is 1. The van der Waals surface area contributed by atoms with E-state index in [-0.39, 0.29) is 5.91 Å². The number of halogens is 2. The van der Waals surface area contributed by atoms with Gasteiger partial charge in [-0.1, -0.05) is 29.3 Å². The van der Waals surface area contributed by atoms with Gasteiger partial charge in [-0.3, -0.25) is 10.1 Å². The van der Waals surface area contributed by atoms with E-state index >= 15 is 0 Å². The van der Waals surface area contributed by atoms with Crippen LogP contribution in [0.4, 0.5) is 5.13 Å². The molecule has 1 heterocycles. The highest BCUT2D eigenvalue weighted by molar-refractivity contribution is 7.13. The van der Waals surface area contributed by atoms with E-state index in [9.17, 15) is 4.79 Å². The van der Waals surface area contributed by atoms with Gasteiger partial charge >= 0.3 is 0 Å². The fraction of sp³-hybridized carbons (Fsp3) is 0. The number of carbonyl (C=O) groups is 1. The number of thiazole rings is 1. The number of rotatable bonds is 3. The van der Waals surface area contributed by atoms with Gasteiger partial charge in [0.15, 0.2) is 5.13 Å². The smallest absolute Gasteiger partial charge is 0.250 e. The van der Waals surface area contributed by atoms with Gasteiger partial charge in [-0.05, 0) is 23.8 Å². The molecule has 0 radical (unpaired) electrons. The Morgan fingerprint density at radius 3 is 2.89 bits per heavy atom. The van der Waals surface area contributed by atoms with Crippen molar-refractivity contribution < 1.29 is 4.79 Å². The lowest BCUT2D eigenvalue weighted by Crippen LogP contribution is -2.07. The van der Waals surface area contributed by atoms with Crippen LogP contribution in [0.15, 0.2) is 35.9 Å². The van der Waals surface area contributed by atoms with Gasteiger partial charge in [0.25, 0.3) is 0 Å². The number of carbonyl (C=O) groups excluding carboxylic acids is 1. The molecule has 3 nitrogen and oxygen atoms in total. The van der Waals surface area contributed by atoms with Gasteiger partial charge < -0.3 is 0 Å². The zero-order valence-electron chi connectivity index (χ0n) is 9.06. The van der Waals surface area contributed by atoms with E-state index in [1.165, 1.54) is 17.4 Å². The lowest BCUT2D eigenvalue weighted by Gasteiger charge is -1.99. The van der Waals surface area contributed by atoms with Crippen LogP contribution in [-0.2, 0) is 4.79 Å². The highest BCUT2D eigenvalue weighted by Crippen LogP contribution is 2.22. The molecule has 6 heteroatoms. The Morgan fingerprint density at radius 1 is 1.39 bits per heavy atom. The zero-order chi connectivity index (χ0) is 13.0. The Hall–Kier alpha value is -1.36. The van der Waals surface area contributed by atoms with Crippen molar-refractivity contribution in [2.24, 2.45) is 0 Å². The Labute approximate surface area is 118 Å². The van der Waals surface area contributed by atoms with E-state index < -0.39 is 0 Å².